The first-order chi connectivity index (χ1) is 10.0. The number of hydrogen-bond acceptors (Lipinski definition) is 4. The van der Waals surface area contributed by atoms with Crippen molar-refractivity contribution in [1.82, 2.24) is 4.72 Å². The van der Waals surface area contributed by atoms with Gasteiger partial charge in [0, 0.05) is 19.8 Å². The summed E-state index contributed by atoms with van der Waals surface area (Å²) in [6, 6.07) is 6.60. The molecule has 0 fully saturated rings. The van der Waals surface area contributed by atoms with E-state index in [1.165, 1.54) is 6.07 Å². The lowest BCUT2D eigenvalue weighted by Crippen LogP contribution is -2.26. The van der Waals surface area contributed by atoms with Crippen molar-refractivity contribution in [3.63, 3.8) is 0 Å². The molecule has 0 saturated heterocycles. The van der Waals surface area contributed by atoms with Gasteiger partial charge in [-0.3, -0.25) is 0 Å². The summed E-state index contributed by atoms with van der Waals surface area (Å²) in [5, 5.41) is 8.85. The standard InChI is InChI=1S/C15H22N2O3S/c1-3-4-9-20-10-5-8-17-21(18,19)15-11-14(12-16)7-6-13(15)2/h6-7,11,17H,3-5,8-10H2,1-2H3. The van der Waals surface area contributed by atoms with E-state index in [-0.39, 0.29) is 4.90 Å². The van der Waals surface area contributed by atoms with Gasteiger partial charge >= 0.3 is 0 Å². The molecular weight excluding hydrogens is 288 g/mol. The number of ether oxygens (including phenoxy) is 1. The maximum Gasteiger partial charge on any atom is 0.240 e. The van der Waals surface area contributed by atoms with Gasteiger partial charge in [0.1, 0.15) is 0 Å². The monoisotopic (exact) mass is 310 g/mol. The van der Waals surface area contributed by atoms with Crippen LogP contribution in [0.4, 0.5) is 0 Å². The maximum atomic E-state index is 12.2. The summed E-state index contributed by atoms with van der Waals surface area (Å²) in [6.07, 6.45) is 2.73. The van der Waals surface area contributed by atoms with Crippen molar-refractivity contribution < 1.29 is 13.2 Å². The van der Waals surface area contributed by atoms with Gasteiger partial charge in [-0.15, -0.1) is 0 Å². The summed E-state index contributed by atoms with van der Waals surface area (Å²) in [4.78, 5) is 0.161. The number of hydrogen-bond donors (Lipinski definition) is 1. The number of nitriles is 1. The third-order valence-corrected chi connectivity index (χ3v) is 4.61. The van der Waals surface area contributed by atoms with E-state index in [0.29, 0.717) is 37.3 Å². The number of rotatable bonds is 9. The van der Waals surface area contributed by atoms with E-state index in [1.807, 2.05) is 6.07 Å². The zero-order valence-electron chi connectivity index (χ0n) is 12.6. The third-order valence-electron chi connectivity index (χ3n) is 3.01. The Balaban J connectivity index is 2.53. The van der Waals surface area contributed by atoms with Gasteiger partial charge in [0.25, 0.3) is 0 Å². The van der Waals surface area contributed by atoms with Crippen LogP contribution in [0, 0.1) is 18.3 Å². The molecule has 0 aliphatic rings. The summed E-state index contributed by atoms with van der Waals surface area (Å²) in [6.45, 7) is 5.38. The number of benzene rings is 1. The zero-order chi connectivity index (χ0) is 15.7. The van der Waals surface area contributed by atoms with Crippen LogP contribution in [0.2, 0.25) is 0 Å². The minimum absolute atomic E-state index is 0.161. The highest BCUT2D eigenvalue weighted by Gasteiger charge is 2.16. The number of nitrogens with one attached hydrogen (secondary N) is 1. The molecule has 21 heavy (non-hydrogen) atoms. The van der Waals surface area contributed by atoms with Gasteiger partial charge < -0.3 is 4.74 Å². The van der Waals surface area contributed by atoms with Gasteiger partial charge in [0.15, 0.2) is 0 Å². The van der Waals surface area contributed by atoms with Crippen molar-refractivity contribution in [3.8, 4) is 6.07 Å². The topological polar surface area (TPSA) is 79.2 Å². The average Bonchev–Trinajstić information content (AvgIpc) is 2.46. The molecule has 0 spiro atoms. The molecule has 6 heteroatoms. The highest BCUT2D eigenvalue weighted by atomic mass is 32.2. The molecule has 5 nitrogen and oxygen atoms in total. The van der Waals surface area contributed by atoms with Crippen LogP contribution >= 0.6 is 0 Å². The van der Waals surface area contributed by atoms with Gasteiger partial charge in [-0.2, -0.15) is 5.26 Å². The highest BCUT2D eigenvalue weighted by Crippen LogP contribution is 2.16. The molecule has 0 bridgehead atoms. The van der Waals surface area contributed by atoms with E-state index in [9.17, 15) is 8.42 Å². The molecule has 0 aromatic heterocycles. The van der Waals surface area contributed by atoms with Crippen molar-refractivity contribution >= 4 is 10.0 Å². The zero-order valence-corrected chi connectivity index (χ0v) is 13.4. The number of nitrogens with zero attached hydrogens (tertiary/aromatic N) is 1. The predicted octanol–water partition coefficient (Wildman–Crippen LogP) is 2.35. The Morgan fingerprint density at radius 3 is 2.67 bits per heavy atom. The van der Waals surface area contributed by atoms with E-state index in [2.05, 4.69) is 11.6 Å². The number of sulfonamides is 1. The molecule has 0 atom stereocenters. The molecule has 1 N–H and O–H groups in total. The van der Waals surface area contributed by atoms with Crippen LogP contribution in [0.5, 0.6) is 0 Å². The lowest BCUT2D eigenvalue weighted by atomic mass is 10.2. The van der Waals surface area contributed by atoms with Gasteiger partial charge in [-0.25, -0.2) is 13.1 Å². The Kier molecular flexibility index (Phi) is 7.37. The van der Waals surface area contributed by atoms with E-state index in [0.717, 1.165) is 12.8 Å². The Morgan fingerprint density at radius 2 is 2.00 bits per heavy atom. The Labute approximate surface area is 127 Å². The fraction of sp³-hybridized carbons (Fsp3) is 0.533. The first-order valence-corrected chi connectivity index (χ1v) is 8.57. The molecule has 1 aromatic carbocycles. The minimum Gasteiger partial charge on any atom is -0.381 e. The van der Waals surface area contributed by atoms with Crippen LogP contribution < -0.4 is 4.72 Å². The van der Waals surface area contributed by atoms with Crippen LogP contribution in [0.3, 0.4) is 0 Å². The van der Waals surface area contributed by atoms with Crippen molar-refractivity contribution in [1.29, 1.82) is 5.26 Å². The Bertz CT molecular complexity index is 591. The molecule has 116 valence electrons. The third kappa shape index (κ3) is 5.84. The first kappa shape index (κ1) is 17.6. The maximum absolute atomic E-state index is 12.2. The quantitative estimate of drug-likeness (QED) is 0.710. The van der Waals surface area contributed by atoms with E-state index in [4.69, 9.17) is 10.00 Å². The van der Waals surface area contributed by atoms with Gasteiger partial charge in [-0.1, -0.05) is 19.4 Å². The van der Waals surface area contributed by atoms with Gasteiger partial charge in [0.05, 0.1) is 16.5 Å². The molecule has 0 amide bonds. The molecule has 0 heterocycles. The second-order valence-electron chi connectivity index (χ2n) is 4.81. The Morgan fingerprint density at radius 1 is 1.29 bits per heavy atom. The molecule has 0 saturated carbocycles. The summed E-state index contributed by atoms with van der Waals surface area (Å²) < 4.78 is 32.3. The molecule has 0 unspecified atom stereocenters. The molecule has 0 aliphatic carbocycles. The second-order valence-corrected chi connectivity index (χ2v) is 6.54. The lowest BCUT2D eigenvalue weighted by molar-refractivity contribution is 0.130. The fourth-order valence-electron chi connectivity index (χ4n) is 1.77. The molecule has 1 aromatic rings. The normalized spacial score (nSPS) is 11.3. The summed E-state index contributed by atoms with van der Waals surface area (Å²) in [5.41, 5.74) is 0.963. The van der Waals surface area contributed by atoms with Crippen molar-refractivity contribution in [2.24, 2.45) is 0 Å². The van der Waals surface area contributed by atoms with E-state index < -0.39 is 10.0 Å². The van der Waals surface area contributed by atoms with Gasteiger partial charge in [0.2, 0.25) is 10.0 Å². The van der Waals surface area contributed by atoms with Crippen LogP contribution in [-0.2, 0) is 14.8 Å². The molecule has 0 radical (unpaired) electrons. The smallest absolute Gasteiger partial charge is 0.240 e. The molecule has 1 rings (SSSR count). The van der Waals surface area contributed by atoms with E-state index in [1.54, 1.807) is 19.1 Å². The Hall–Kier alpha value is -1.42. The predicted molar refractivity (Wildman–Crippen MR) is 81.4 cm³/mol. The first-order valence-electron chi connectivity index (χ1n) is 7.09. The van der Waals surface area contributed by atoms with Crippen molar-refractivity contribution in [2.45, 2.75) is 38.0 Å². The summed E-state index contributed by atoms with van der Waals surface area (Å²) in [7, 11) is -3.58. The number of unbranched alkanes of at least 4 members (excludes halogenated alkanes) is 1. The van der Waals surface area contributed by atoms with Crippen molar-refractivity contribution in [2.75, 3.05) is 19.8 Å². The largest absolute Gasteiger partial charge is 0.381 e. The SMILES string of the molecule is CCCCOCCCNS(=O)(=O)c1cc(C#N)ccc1C. The molecule has 0 aliphatic heterocycles. The average molecular weight is 310 g/mol. The summed E-state index contributed by atoms with van der Waals surface area (Å²) >= 11 is 0. The van der Waals surface area contributed by atoms with Gasteiger partial charge in [-0.05, 0) is 37.5 Å². The highest BCUT2D eigenvalue weighted by molar-refractivity contribution is 7.89. The van der Waals surface area contributed by atoms with Crippen LogP contribution in [0.15, 0.2) is 23.1 Å². The van der Waals surface area contributed by atoms with E-state index >= 15 is 0 Å². The summed E-state index contributed by atoms with van der Waals surface area (Å²) in [5.74, 6) is 0. The lowest BCUT2D eigenvalue weighted by Gasteiger charge is -2.09. The molecular formula is C15H22N2O3S. The van der Waals surface area contributed by atoms with Crippen LogP contribution in [-0.4, -0.2) is 28.2 Å². The van der Waals surface area contributed by atoms with Crippen molar-refractivity contribution in [3.05, 3.63) is 29.3 Å². The number of aryl methyl sites for hydroxylation is 1. The minimum atomic E-state index is -3.58. The second kappa shape index (κ2) is 8.78. The fourth-order valence-corrected chi connectivity index (χ4v) is 3.11. The van der Waals surface area contributed by atoms with Crippen LogP contribution in [0.25, 0.3) is 0 Å². The van der Waals surface area contributed by atoms with Crippen LogP contribution in [0.1, 0.15) is 37.3 Å².